The summed E-state index contributed by atoms with van der Waals surface area (Å²) in [6.07, 6.45) is 4.02. The predicted molar refractivity (Wildman–Crippen MR) is 169 cm³/mol. The summed E-state index contributed by atoms with van der Waals surface area (Å²) in [6.45, 7) is 11.3. The summed E-state index contributed by atoms with van der Waals surface area (Å²) >= 11 is 0. The Kier molecular flexibility index (Phi) is 8.52. The van der Waals surface area contributed by atoms with Crippen LogP contribution in [0, 0.1) is 6.92 Å². The number of anilines is 2. The molecule has 1 atom stereocenters. The molecule has 1 aliphatic heterocycles. The lowest BCUT2D eigenvalue weighted by Crippen LogP contribution is -2.43. The van der Waals surface area contributed by atoms with Gasteiger partial charge < -0.3 is 15.0 Å². The van der Waals surface area contributed by atoms with Crippen molar-refractivity contribution in [3.63, 3.8) is 0 Å². The van der Waals surface area contributed by atoms with Gasteiger partial charge in [-0.25, -0.2) is 9.48 Å². The number of piperidine rings is 1. The summed E-state index contributed by atoms with van der Waals surface area (Å²) in [4.78, 5) is 27.3. The number of ether oxygens (including phenoxy) is 1. The molecular weight excluding hydrogens is 526 g/mol. The van der Waals surface area contributed by atoms with Gasteiger partial charge in [-0.05, 0) is 50.5 Å². The zero-order valence-corrected chi connectivity index (χ0v) is 25.2. The van der Waals surface area contributed by atoms with Crippen molar-refractivity contribution in [3.05, 3.63) is 78.0 Å². The minimum absolute atomic E-state index is 0.135. The number of aryl methyl sites for hydroxylation is 1. The van der Waals surface area contributed by atoms with Crippen LogP contribution in [0.5, 0.6) is 5.75 Å². The number of rotatable bonds is 7. The van der Waals surface area contributed by atoms with E-state index >= 15 is 0 Å². The second-order valence-electron chi connectivity index (χ2n) is 12.1. The van der Waals surface area contributed by atoms with Crippen molar-refractivity contribution < 1.29 is 14.3 Å². The highest BCUT2D eigenvalue weighted by atomic mass is 16.5. The molecule has 0 radical (unpaired) electrons. The maximum absolute atomic E-state index is 13.3. The smallest absolute Gasteiger partial charge is 0.324 e. The first-order valence-corrected chi connectivity index (χ1v) is 14.8. The molecule has 1 aliphatic rings. The van der Waals surface area contributed by atoms with Crippen LogP contribution in [0.4, 0.5) is 16.3 Å². The molecule has 2 heterocycles. The molecule has 0 saturated carbocycles. The van der Waals surface area contributed by atoms with Gasteiger partial charge in [-0.2, -0.15) is 5.10 Å². The van der Waals surface area contributed by atoms with E-state index in [9.17, 15) is 9.59 Å². The van der Waals surface area contributed by atoms with Crippen molar-refractivity contribution >= 4 is 34.2 Å². The summed E-state index contributed by atoms with van der Waals surface area (Å²) in [5.74, 6) is 1.48. The van der Waals surface area contributed by atoms with E-state index in [-0.39, 0.29) is 23.4 Å². The first kappa shape index (κ1) is 29.2. The van der Waals surface area contributed by atoms with Crippen molar-refractivity contribution in [3.8, 4) is 11.4 Å². The Morgan fingerprint density at radius 3 is 2.43 bits per heavy atom. The van der Waals surface area contributed by atoms with Crippen molar-refractivity contribution in [2.24, 2.45) is 0 Å². The second kappa shape index (κ2) is 12.3. The van der Waals surface area contributed by atoms with Gasteiger partial charge in [0.05, 0.1) is 23.7 Å². The molecule has 0 spiro atoms. The quantitative estimate of drug-likeness (QED) is 0.243. The number of carbonyl (C=O) groups is 2. The predicted octanol–water partition coefficient (Wildman–Crippen LogP) is 7.45. The Morgan fingerprint density at radius 1 is 0.976 bits per heavy atom. The molecule has 3 amide bonds. The van der Waals surface area contributed by atoms with E-state index < -0.39 is 0 Å². The van der Waals surface area contributed by atoms with Crippen LogP contribution in [-0.2, 0) is 10.2 Å². The standard InChI is InChI=1S/C34H41N5O3/c1-23-13-15-26(16-14-23)39-32(22-31(37-39)34(3,4)5)36-33(41)35-29-17-18-30(28-12-7-6-11-27(28)29)42-21-19-25-10-8-9-20-38(25)24(2)40/h6-7,11-18,22,25H,8-10,19-21H2,1-5H3,(H2,35,36,41). The van der Waals surface area contributed by atoms with Crippen LogP contribution in [0.15, 0.2) is 66.7 Å². The monoisotopic (exact) mass is 567 g/mol. The Hall–Kier alpha value is -4.33. The molecule has 0 bridgehead atoms. The maximum atomic E-state index is 13.3. The molecule has 3 aromatic carbocycles. The van der Waals surface area contributed by atoms with Crippen molar-refractivity contribution in [1.29, 1.82) is 0 Å². The lowest BCUT2D eigenvalue weighted by atomic mass is 9.92. The van der Waals surface area contributed by atoms with Crippen LogP contribution in [-0.4, -0.2) is 45.8 Å². The number of aromatic nitrogens is 2. The number of nitrogens with zero attached hydrogens (tertiary/aromatic N) is 3. The van der Waals surface area contributed by atoms with E-state index in [1.54, 1.807) is 11.6 Å². The van der Waals surface area contributed by atoms with Crippen LogP contribution in [0.2, 0.25) is 0 Å². The number of nitrogens with one attached hydrogen (secondary N) is 2. The van der Waals surface area contributed by atoms with Crippen LogP contribution >= 0.6 is 0 Å². The highest BCUT2D eigenvalue weighted by molar-refractivity contribution is 6.07. The molecule has 1 saturated heterocycles. The molecule has 1 fully saturated rings. The van der Waals surface area contributed by atoms with Gasteiger partial charge in [0, 0.05) is 48.2 Å². The molecule has 1 aromatic heterocycles. The van der Waals surface area contributed by atoms with Gasteiger partial charge in [-0.15, -0.1) is 0 Å². The van der Waals surface area contributed by atoms with Crippen molar-refractivity contribution in [2.75, 3.05) is 23.8 Å². The minimum Gasteiger partial charge on any atom is -0.493 e. The number of fused-ring (bicyclic) bond motifs is 1. The van der Waals surface area contributed by atoms with Crippen molar-refractivity contribution in [2.45, 2.75) is 71.8 Å². The van der Waals surface area contributed by atoms with E-state index in [1.165, 1.54) is 0 Å². The number of amides is 3. The summed E-state index contributed by atoms with van der Waals surface area (Å²) in [6, 6.07) is 21.5. The Balaban J connectivity index is 1.32. The Labute approximate surface area is 248 Å². The zero-order chi connectivity index (χ0) is 29.9. The lowest BCUT2D eigenvalue weighted by molar-refractivity contribution is -0.132. The molecule has 2 N–H and O–H groups in total. The SMILES string of the molecule is CC(=O)N1CCCCC1CCOc1ccc(NC(=O)Nc2cc(C(C)(C)C)nn2-c2ccc(C)cc2)c2ccccc12. The third-order valence-electron chi connectivity index (χ3n) is 7.87. The number of hydrogen-bond donors (Lipinski definition) is 2. The Morgan fingerprint density at radius 2 is 1.71 bits per heavy atom. The third kappa shape index (κ3) is 6.59. The van der Waals surface area contributed by atoms with Crippen LogP contribution in [0.25, 0.3) is 16.5 Å². The highest BCUT2D eigenvalue weighted by Crippen LogP contribution is 2.33. The van der Waals surface area contributed by atoms with Gasteiger partial charge in [-0.1, -0.05) is 62.7 Å². The highest BCUT2D eigenvalue weighted by Gasteiger charge is 2.25. The first-order valence-electron chi connectivity index (χ1n) is 14.8. The molecule has 42 heavy (non-hydrogen) atoms. The van der Waals surface area contributed by atoms with Crippen LogP contribution < -0.4 is 15.4 Å². The number of benzene rings is 3. The van der Waals surface area contributed by atoms with Gasteiger partial charge in [0.2, 0.25) is 5.91 Å². The van der Waals surface area contributed by atoms with Crippen LogP contribution in [0.1, 0.15) is 64.6 Å². The second-order valence-corrected chi connectivity index (χ2v) is 12.1. The van der Waals surface area contributed by atoms with E-state index in [2.05, 4.69) is 31.4 Å². The first-order chi connectivity index (χ1) is 20.1. The van der Waals surface area contributed by atoms with Crippen LogP contribution in [0.3, 0.4) is 0 Å². The summed E-state index contributed by atoms with van der Waals surface area (Å²) in [5.41, 5.74) is 3.40. The minimum atomic E-state index is -0.357. The summed E-state index contributed by atoms with van der Waals surface area (Å²) in [7, 11) is 0. The number of carbonyl (C=O) groups excluding carboxylic acids is 2. The summed E-state index contributed by atoms with van der Waals surface area (Å²) < 4.78 is 8.01. The number of urea groups is 1. The number of likely N-dealkylation sites (tertiary alicyclic amines) is 1. The molecule has 0 aliphatic carbocycles. The van der Waals surface area contributed by atoms with E-state index in [1.807, 2.05) is 78.6 Å². The molecular formula is C34H41N5O3. The lowest BCUT2D eigenvalue weighted by Gasteiger charge is -2.35. The average Bonchev–Trinajstić information content (AvgIpc) is 3.39. The molecule has 220 valence electrons. The van der Waals surface area contributed by atoms with Gasteiger partial charge in [0.25, 0.3) is 0 Å². The molecule has 8 heteroatoms. The largest absolute Gasteiger partial charge is 0.493 e. The fourth-order valence-corrected chi connectivity index (χ4v) is 5.52. The van der Waals surface area contributed by atoms with E-state index in [4.69, 9.17) is 9.84 Å². The fraction of sp³-hybridized carbons (Fsp3) is 0.382. The fourth-order valence-electron chi connectivity index (χ4n) is 5.52. The van der Waals surface area contributed by atoms with Crippen molar-refractivity contribution in [1.82, 2.24) is 14.7 Å². The van der Waals surface area contributed by atoms with Gasteiger partial charge in [-0.3, -0.25) is 10.1 Å². The molecule has 5 rings (SSSR count). The average molecular weight is 568 g/mol. The Bertz CT molecular complexity index is 1570. The number of hydrogen-bond acceptors (Lipinski definition) is 4. The molecule has 4 aromatic rings. The van der Waals surface area contributed by atoms with Gasteiger partial charge >= 0.3 is 6.03 Å². The topological polar surface area (TPSA) is 88.5 Å². The van der Waals surface area contributed by atoms with Gasteiger partial charge in [0.15, 0.2) is 0 Å². The van der Waals surface area contributed by atoms with Gasteiger partial charge in [0.1, 0.15) is 11.6 Å². The van der Waals surface area contributed by atoms with E-state index in [0.29, 0.717) is 18.1 Å². The summed E-state index contributed by atoms with van der Waals surface area (Å²) in [5, 5.41) is 12.7. The maximum Gasteiger partial charge on any atom is 0.324 e. The zero-order valence-electron chi connectivity index (χ0n) is 25.2. The molecule has 8 nitrogen and oxygen atoms in total. The van der Waals surface area contributed by atoms with E-state index in [0.717, 1.165) is 65.7 Å². The normalized spacial score (nSPS) is 15.5. The third-order valence-corrected chi connectivity index (χ3v) is 7.87. The molecule has 1 unspecified atom stereocenters.